The van der Waals surface area contributed by atoms with Gasteiger partial charge in [-0.1, -0.05) is 18.0 Å². The number of hydrogen-bond acceptors (Lipinski definition) is 1. The quantitative estimate of drug-likeness (QED) is 0.808. The first-order valence-corrected chi connectivity index (χ1v) is 5.32. The summed E-state index contributed by atoms with van der Waals surface area (Å²) >= 11 is 5.58. The van der Waals surface area contributed by atoms with Crippen LogP contribution in [0.15, 0.2) is 18.2 Å². The highest BCUT2D eigenvalue weighted by atomic mass is 35.5. The SMILES string of the molecule is Fc1cc(NCC2CCC2)ccc1Cl. The third-order valence-electron chi connectivity index (χ3n) is 2.74. The molecule has 1 nitrogen and oxygen atoms in total. The first kappa shape index (κ1) is 9.78. The largest absolute Gasteiger partial charge is 0.385 e. The second-order valence-corrected chi connectivity index (χ2v) is 4.21. The summed E-state index contributed by atoms with van der Waals surface area (Å²) in [6, 6.07) is 4.84. The van der Waals surface area contributed by atoms with E-state index in [1.54, 1.807) is 6.07 Å². The Hall–Kier alpha value is -0.760. The van der Waals surface area contributed by atoms with Crippen LogP contribution in [-0.4, -0.2) is 6.54 Å². The highest BCUT2D eigenvalue weighted by Gasteiger charge is 2.16. The number of hydrogen-bond donors (Lipinski definition) is 1. The summed E-state index contributed by atoms with van der Waals surface area (Å²) < 4.78 is 13.0. The molecule has 0 heterocycles. The molecule has 1 aromatic carbocycles. The molecule has 3 heteroatoms. The molecule has 14 heavy (non-hydrogen) atoms. The summed E-state index contributed by atoms with van der Waals surface area (Å²) in [6.07, 6.45) is 3.92. The van der Waals surface area contributed by atoms with Gasteiger partial charge < -0.3 is 5.32 Å². The van der Waals surface area contributed by atoms with Gasteiger partial charge in [0.25, 0.3) is 0 Å². The molecule has 1 saturated carbocycles. The maximum atomic E-state index is 13.0. The molecule has 1 aromatic rings. The van der Waals surface area contributed by atoms with Crippen LogP contribution in [0.25, 0.3) is 0 Å². The van der Waals surface area contributed by atoms with Crippen LogP contribution >= 0.6 is 11.6 Å². The van der Waals surface area contributed by atoms with Gasteiger partial charge in [-0.2, -0.15) is 0 Å². The normalized spacial score (nSPS) is 16.4. The molecule has 0 aromatic heterocycles. The van der Waals surface area contributed by atoms with Crippen LogP contribution < -0.4 is 5.32 Å². The van der Waals surface area contributed by atoms with Gasteiger partial charge in [0.1, 0.15) is 5.82 Å². The van der Waals surface area contributed by atoms with Crippen molar-refractivity contribution in [2.24, 2.45) is 5.92 Å². The lowest BCUT2D eigenvalue weighted by molar-refractivity contribution is 0.333. The summed E-state index contributed by atoms with van der Waals surface area (Å²) in [5.74, 6) is 0.416. The average Bonchev–Trinajstić information content (AvgIpc) is 2.08. The minimum atomic E-state index is -0.356. The molecule has 0 amide bonds. The highest BCUT2D eigenvalue weighted by Crippen LogP contribution is 2.27. The van der Waals surface area contributed by atoms with Crippen LogP contribution in [0.1, 0.15) is 19.3 Å². The molecule has 0 radical (unpaired) electrons. The Morgan fingerprint density at radius 1 is 1.43 bits per heavy atom. The highest BCUT2D eigenvalue weighted by molar-refractivity contribution is 6.30. The minimum Gasteiger partial charge on any atom is -0.385 e. The van der Waals surface area contributed by atoms with Gasteiger partial charge in [0, 0.05) is 12.2 Å². The molecule has 1 aliphatic rings. The third-order valence-corrected chi connectivity index (χ3v) is 3.05. The number of benzene rings is 1. The number of anilines is 1. The van der Waals surface area contributed by atoms with E-state index < -0.39 is 0 Å². The zero-order valence-corrected chi connectivity index (χ0v) is 8.65. The molecule has 0 saturated heterocycles. The van der Waals surface area contributed by atoms with Crippen LogP contribution in [0.3, 0.4) is 0 Å². The van der Waals surface area contributed by atoms with Gasteiger partial charge in [-0.25, -0.2) is 4.39 Å². The summed E-state index contributed by atoms with van der Waals surface area (Å²) in [4.78, 5) is 0. The van der Waals surface area contributed by atoms with Crippen molar-refractivity contribution >= 4 is 17.3 Å². The first-order valence-electron chi connectivity index (χ1n) is 4.94. The van der Waals surface area contributed by atoms with Crippen molar-refractivity contribution in [1.82, 2.24) is 0 Å². The standard InChI is InChI=1S/C11H13ClFN/c12-10-5-4-9(6-11(10)13)14-7-8-2-1-3-8/h4-6,8,14H,1-3,7H2. The van der Waals surface area contributed by atoms with E-state index in [0.717, 1.165) is 18.2 Å². The van der Waals surface area contributed by atoms with Crippen LogP contribution in [0.4, 0.5) is 10.1 Å². The van der Waals surface area contributed by atoms with Crippen molar-refractivity contribution < 1.29 is 4.39 Å². The zero-order valence-electron chi connectivity index (χ0n) is 7.89. The Morgan fingerprint density at radius 2 is 2.21 bits per heavy atom. The Balaban J connectivity index is 1.91. The minimum absolute atomic E-state index is 0.180. The topological polar surface area (TPSA) is 12.0 Å². The average molecular weight is 214 g/mol. The van der Waals surface area contributed by atoms with Gasteiger partial charge in [0.05, 0.1) is 5.02 Å². The first-order chi connectivity index (χ1) is 6.75. The summed E-state index contributed by atoms with van der Waals surface area (Å²) in [7, 11) is 0. The third kappa shape index (κ3) is 2.18. The zero-order chi connectivity index (χ0) is 9.97. The van der Waals surface area contributed by atoms with Gasteiger partial charge in [-0.05, 0) is 37.0 Å². The van der Waals surface area contributed by atoms with Gasteiger partial charge >= 0.3 is 0 Å². The predicted octanol–water partition coefficient (Wildman–Crippen LogP) is 3.69. The number of rotatable bonds is 3. The maximum Gasteiger partial charge on any atom is 0.143 e. The number of nitrogens with one attached hydrogen (secondary N) is 1. The predicted molar refractivity (Wildman–Crippen MR) is 57.2 cm³/mol. The maximum absolute atomic E-state index is 13.0. The smallest absolute Gasteiger partial charge is 0.143 e. The lowest BCUT2D eigenvalue weighted by Gasteiger charge is -2.25. The van der Waals surface area contributed by atoms with Gasteiger partial charge in [0.15, 0.2) is 0 Å². The monoisotopic (exact) mass is 213 g/mol. The van der Waals surface area contributed by atoms with Crippen LogP contribution in [-0.2, 0) is 0 Å². The Kier molecular flexibility index (Phi) is 2.92. The lowest BCUT2D eigenvalue weighted by atomic mass is 9.85. The molecule has 0 atom stereocenters. The molecule has 1 N–H and O–H groups in total. The van der Waals surface area contributed by atoms with Crippen LogP contribution in [0, 0.1) is 11.7 Å². The van der Waals surface area contributed by atoms with Crippen molar-refractivity contribution in [2.75, 3.05) is 11.9 Å². The summed E-state index contributed by atoms with van der Waals surface area (Å²) in [6.45, 7) is 0.946. The van der Waals surface area contributed by atoms with E-state index in [9.17, 15) is 4.39 Å². The fourth-order valence-electron chi connectivity index (χ4n) is 1.57. The second kappa shape index (κ2) is 4.18. The van der Waals surface area contributed by atoms with Crippen molar-refractivity contribution in [1.29, 1.82) is 0 Å². The second-order valence-electron chi connectivity index (χ2n) is 3.81. The van der Waals surface area contributed by atoms with Crippen molar-refractivity contribution in [3.8, 4) is 0 Å². The molecule has 1 aliphatic carbocycles. The van der Waals surface area contributed by atoms with E-state index >= 15 is 0 Å². The van der Waals surface area contributed by atoms with E-state index in [-0.39, 0.29) is 10.8 Å². The van der Waals surface area contributed by atoms with Crippen molar-refractivity contribution in [2.45, 2.75) is 19.3 Å². The molecule has 1 fully saturated rings. The van der Waals surface area contributed by atoms with Crippen molar-refractivity contribution in [3.05, 3.63) is 29.0 Å². The lowest BCUT2D eigenvalue weighted by Crippen LogP contribution is -2.20. The number of halogens is 2. The van der Waals surface area contributed by atoms with E-state index in [2.05, 4.69) is 5.32 Å². The van der Waals surface area contributed by atoms with Gasteiger partial charge in [0.2, 0.25) is 0 Å². The van der Waals surface area contributed by atoms with Gasteiger partial charge in [-0.3, -0.25) is 0 Å². The molecule has 0 unspecified atom stereocenters. The van der Waals surface area contributed by atoms with Crippen LogP contribution in [0.5, 0.6) is 0 Å². The summed E-state index contributed by atoms with van der Waals surface area (Å²) in [5.41, 5.74) is 0.818. The van der Waals surface area contributed by atoms with Crippen molar-refractivity contribution in [3.63, 3.8) is 0 Å². The molecular weight excluding hydrogens is 201 g/mol. The summed E-state index contributed by atoms with van der Waals surface area (Å²) in [5, 5.41) is 3.40. The van der Waals surface area contributed by atoms with E-state index in [0.29, 0.717) is 0 Å². The van der Waals surface area contributed by atoms with E-state index in [1.807, 2.05) is 6.07 Å². The van der Waals surface area contributed by atoms with Crippen LogP contribution in [0.2, 0.25) is 5.02 Å². The molecule has 76 valence electrons. The Morgan fingerprint density at radius 3 is 2.79 bits per heavy atom. The fourth-order valence-corrected chi connectivity index (χ4v) is 1.68. The van der Waals surface area contributed by atoms with E-state index in [1.165, 1.54) is 25.3 Å². The fraction of sp³-hybridized carbons (Fsp3) is 0.455. The molecular formula is C11H13ClFN. The van der Waals surface area contributed by atoms with Gasteiger partial charge in [-0.15, -0.1) is 0 Å². The molecule has 0 spiro atoms. The Bertz CT molecular complexity index is 323. The Labute approximate surface area is 88.3 Å². The molecule has 0 aliphatic heterocycles. The molecule has 2 rings (SSSR count). The molecule has 0 bridgehead atoms. The van der Waals surface area contributed by atoms with E-state index in [4.69, 9.17) is 11.6 Å².